The Kier molecular flexibility index (Phi) is 6.72. The first kappa shape index (κ1) is 30.7. The first-order chi connectivity index (χ1) is 26.6. The summed E-state index contributed by atoms with van der Waals surface area (Å²) in [5, 5.41) is 10.2. The van der Waals surface area contributed by atoms with Crippen molar-refractivity contribution >= 4 is 65.2 Å². The summed E-state index contributed by atoms with van der Waals surface area (Å²) in [6.45, 7) is 4.35. The summed E-state index contributed by atoms with van der Waals surface area (Å²) in [7, 11) is 0. The van der Waals surface area contributed by atoms with Crippen molar-refractivity contribution in [3.63, 3.8) is 0 Å². The zero-order valence-electron chi connectivity index (χ0n) is 30.2. The first-order valence-electron chi connectivity index (χ1n) is 18.8. The lowest BCUT2D eigenvalue weighted by Crippen LogP contribution is -1.95. The number of aromatic nitrogens is 2. The number of fused-ring (bicyclic) bond motifs is 8. The minimum absolute atomic E-state index is 1.16. The van der Waals surface area contributed by atoms with Crippen LogP contribution in [0.5, 0.6) is 0 Å². The van der Waals surface area contributed by atoms with Gasteiger partial charge in [0.15, 0.2) is 0 Å². The van der Waals surface area contributed by atoms with Crippen molar-refractivity contribution in [3.8, 4) is 33.6 Å². The van der Waals surface area contributed by atoms with Gasteiger partial charge in [-0.1, -0.05) is 132 Å². The number of nitrogens with zero attached hydrogens (tertiary/aromatic N) is 2. The molecule has 0 amide bonds. The van der Waals surface area contributed by atoms with Gasteiger partial charge in [-0.25, -0.2) is 0 Å². The summed E-state index contributed by atoms with van der Waals surface area (Å²) in [4.78, 5) is 0. The molecule has 9 aromatic carbocycles. The van der Waals surface area contributed by atoms with Crippen LogP contribution in [-0.4, -0.2) is 9.13 Å². The molecule has 0 aliphatic heterocycles. The lowest BCUT2D eigenvalue weighted by Gasteiger charge is -2.18. The largest absolute Gasteiger partial charge is 0.309 e. The lowest BCUT2D eigenvalue weighted by atomic mass is 9.86. The molecule has 0 bridgehead atoms. The average molecular weight is 689 g/mol. The molecule has 54 heavy (non-hydrogen) atoms. The van der Waals surface area contributed by atoms with Gasteiger partial charge in [0.05, 0.1) is 22.1 Å². The predicted molar refractivity (Wildman–Crippen MR) is 230 cm³/mol. The SMILES string of the molecule is Cc1ccc2c(c1)c1cc(C)ccc1n2-c1ccc(-c2c3ccccc3c(-c3ccc(-n4c5ccccc5c5ccccc54)cc3)c3ccccc23)cc1. The molecule has 2 aromatic heterocycles. The van der Waals surface area contributed by atoms with E-state index in [0.29, 0.717) is 0 Å². The van der Waals surface area contributed by atoms with E-state index < -0.39 is 0 Å². The lowest BCUT2D eigenvalue weighted by molar-refractivity contribution is 1.18. The summed E-state index contributed by atoms with van der Waals surface area (Å²) in [5.41, 5.74) is 14.8. The maximum Gasteiger partial charge on any atom is 0.0541 e. The molecular weight excluding hydrogens is 653 g/mol. The van der Waals surface area contributed by atoms with Gasteiger partial charge in [-0.3, -0.25) is 0 Å². The standard InChI is InChI=1S/C52H36N2/c1-33-19-29-49-45(31-33)46-32-34(2)20-30-50(46)54(49)38-27-23-36(24-28-38)52-43-15-5-3-13-41(43)51(42-14-4-6-16-44(42)52)35-21-25-37(26-22-35)53-47-17-9-7-11-39(47)40-12-8-10-18-48(40)53/h3-32H,1-2H3. The fourth-order valence-electron chi connectivity index (χ4n) is 9.03. The van der Waals surface area contributed by atoms with Gasteiger partial charge in [-0.15, -0.1) is 0 Å². The molecule has 0 aliphatic rings. The summed E-state index contributed by atoms with van der Waals surface area (Å²) in [5.74, 6) is 0. The summed E-state index contributed by atoms with van der Waals surface area (Å²) in [6.07, 6.45) is 0. The molecule has 0 spiro atoms. The minimum Gasteiger partial charge on any atom is -0.309 e. The van der Waals surface area contributed by atoms with Gasteiger partial charge in [0.25, 0.3) is 0 Å². The number of aryl methyl sites for hydroxylation is 2. The van der Waals surface area contributed by atoms with Gasteiger partial charge in [-0.2, -0.15) is 0 Å². The Morgan fingerprint density at radius 3 is 0.963 bits per heavy atom. The molecule has 0 unspecified atom stereocenters. The Morgan fingerprint density at radius 2 is 0.593 bits per heavy atom. The van der Waals surface area contributed by atoms with E-state index in [9.17, 15) is 0 Å². The van der Waals surface area contributed by atoms with Crippen molar-refractivity contribution < 1.29 is 0 Å². The number of hydrogen-bond acceptors (Lipinski definition) is 0. The molecule has 0 atom stereocenters. The second-order valence-electron chi connectivity index (χ2n) is 14.7. The van der Waals surface area contributed by atoms with Crippen LogP contribution in [0.3, 0.4) is 0 Å². The van der Waals surface area contributed by atoms with Gasteiger partial charge in [0, 0.05) is 32.9 Å². The van der Waals surface area contributed by atoms with Crippen LogP contribution in [-0.2, 0) is 0 Å². The number of rotatable bonds is 4. The van der Waals surface area contributed by atoms with E-state index in [1.807, 2.05) is 0 Å². The van der Waals surface area contributed by atoms with Gasteiger partial charge < -0.3 is 9.13 Å². The summed E-state index contributed by atoms with van der Waals surface area (Å²) in [6, 6.07) is 67.2. The summed E-state index contributed by atoms with van der Waals surface area (Å²) >= 11 is 0. The van der Waals surface area contributed by atoms with Gasteiger partial charge >= 0.3 is 0 Å². The smallest absolute Gasteiger partial charge is 0.0541 e. The van der Waals surface area contributed by atoms with Crippen LogP contribution in [0.25, 0.3) is 98.8 Å². The van der Waals surface area contributed by atoms with Crippen LogP contribution in [0.1, 0.15) is 11.1 Å². The van der Waals surface area contributed by atoms with Crippen LogP contribution < -0.4 is 0 Å². The predicted octanol–water partition coefficient (Wildman–Crippen LogP) is 14.1. The zero-order valence-corrected chi connectivity index (χ0v) is 30.2. The fourth-order valence-corrected chi connectivity index (χ4v) is 9.03. The molecule has 0 aliphatic carbocycles. The second-order valence-corrected chi connectivity index (χ2v) is 14.7. The van der Waals surface area contributed by atoms with Crippen molar-refractivity contribution in [2.75, 3.05) is 0 Å². The monoisotopic (exact) mass is 688 g/mol. The third-order valence-corrected chi connectivity index (χ3v) is 11.4. The highest BCUT2D eigenvalue weighted by atomic mass is 15.0. The number of hydrogen-bond donors (Lipinski definition) is 0. The molecule has 2 nitrogen and oxygen atoms in total. The van der Waals surface area contributed by atoms with Crippen LogP contribution in [0.15, 0.2) is 182 Å². The maximum atomic E-state index is 2.41. The Morgan fingerprint density at radius 1 is 0.278 bits per heavy atom. The molecular formula is C52H36N2. The van der Waals surface area contributed by atoms with E-state index >= 15 is 0 Å². The van der Waals surface area contributed by atoms with Gasteiger partial charge in [0.1, 0.15) is 0 Å². The first-order valence-corrected chi connectivity index (χ1v) is 18.8. The van der Waals surface area contributed by atoms with E-state index in [4.69, 9.17) is 0 Å². The second kappa shape index (κ2) is 11.8. The Balaban J connectivity index is 1.07. The van der Waals surface area contributed by atoms with Crippen molar-refractivity contribution in [2.24, 2.45) is 0 Å². The van der Waals surface area contributed by atoms with Crippen molar-refractivity contribution in [3.05, 3.63) is 193 Å². The highest BCUT2D eigenvalue weighted by Gasteiger charge is 2.19. The highest BCUT2D eigenvalue weighted by Crippen LogP contribution is 2.44. The molecule has 11 aromatic rings. The third-order valence-electron chi connectivity index (χ3n) is 11.4. The Bertz CT molecular complexity index is 3100. The molecule has 0 saturated carbocycles. The van der Waals surface area contributed by atoms with Crippen molar-refractivity contribution in [2.45, 2.75) is 13.8 Å². The fraction of sp³-hybridized carbons (Fsp3) is 0.0385. The number of para-hydroxylation sites is 2. The van der Waals surface area contributed by atoms with E-state index in [1.165, 1.54) is 104 Å². The normalized spacial score (nSPS) is 11.9. The molecule has 254 valence electrons. The molecule has 11 rings (SSSR count). The quantitative estimate of drug-likeness (QED) is 0.163. The van der Waals surface area contributed by atoms with Gasteiger partial charge in [0.2, 0.25) is 0 Å². The molecule has 2 heterocycles. The van der Waals surface area contributed by atoms with E-state index in [1.54, 1.807) is 0 Å². The molecule has 2 heteroatoms. The average Bonchev–Trinajstić information content (AvgIpc) is 3.72. The van der Waals surface area contributed by atoms with Crippen LogP contribution in [0.2, 0.25) is 0 Å². The Hall–Kier alpha value is -6.90. The van der Waals surface area contributed by atoms with E-state index in [2.05, 4.69) is 205 Å². The third kappa shape index (κ3) is 4.53. The molecule has 0 radical (unpaired) electrons. The molecule has 0 saturated heterocycles. The number of benzene rings is 9. The van der Waals surface area contributed by atoms with Crippen LogP contribution in [0.4, 0.5) is 0 Å². The van der Waals surface area contributed by atoms with Gasteiger partial charge in [-0.05, 0) is 118 Å². The van der Waals surface area contributed by atoms with Crippen molar-refractivity contribution in [1.82, 2.24) is 9.13 Å². The molecule has 0 N–H and O–H groups in total. The maximum absolute atomic E-state index is 2.41. The van der Waals surface area contributed by atoms with E-state index in [0.717, 1.165) is 5.69 Å². The van der Waals surface area contributed by atoms with Crippen LogP contribution in [0, 0.1) is 13.8 Å². The highest BCUT2D eigenvalue weighted by molar-refractivity contribution is 6.21. The van der Waals surface area contributed by atoms with E-state index in [-0.39, 0.29) is 0 Å². The molecule has 0 fully saturated rings. The topological polar surface area (TPSA) is 9.86 Å². The summed E-state index contributed by atoms with van der Waals surface area (Å²) < 4.78 is 4.80. The Labute approximate surface area is 313 Å². The van der Waals surface area contributed by atoms with Crippen LogP contribution >= 0.6 is 0 Å². The minimum atomic E-state index is 1.16. The zero-order chi connectivity index (χ0) is 35.9. The van der Waals surface area contributed by atoms with Crippen molar-refractivity contribution in [1.29, 1.82) is 0 Å².